The third-order valence-corrected chi connectivity index (χ3v) is 3.86. The van der Waals surface area contributed by atoms with Gasteiger partial charge in [-0.25, -0.2) is 0 Å². The molecule has 0 radical (unpaired) electrons. The van der Waals surface area contributed by atoms with E-state index in [9.17, 15) is 4.79 Å². The first kappa shape index (κ1) is 17.6. The number of hydrogen-bond donors (Lipinski definition) is 1. The Balaban J connectivity index is 1.49. The van der Waals surface area contributed by atoms with Gasteiger partial charge >= 0.3 is 0 Å². The quantitative estimate of drug-likeness (QED) is 0.609. The number of nitrogens with one attached hydrogen (secondary N) is 1. The Kier molecular flexibility index (Phi) is 5.58. The van der Waals surface area contributed by atoms with E-state index in [4.69, 9.17) is 19.0 Å². The predicted molar refractivity (Wildman–Crippen MR) is 95.6 cm³/mol. The molecule has 0 aromatic heterocycles. The average Bonchev–Trinajstić information content (AvgIpc) is 3.14. The summed E-state index contributed by atoms with van der Waals surface area (Å²) < 4.78 is 15.9. The van der Waals surface area contributed by atoms with Gasteiger partial charge in [-0.3, -0.25) is 4.79 Å². The van der Waals surface area contributed by atoms with Crippen LogP contribution in [0.25, 0.3) is 0 Å². The molecule has 2 aromatic carbocycles. The van der Waals surface area contributed by atoms with Crippen molar-refractivity contribution in [2.24, 2.45) is 5.16 Å². The largest absolute Gasteiger partial charge is 0.496 e. The Bertz CT molecular complexity index is 819. The molecule has 1 N–H and O–H groups in total. The molecule has 0 bridgehead atoms. The minimum atomic E-state index is -0.266. The van der Waals surface area contributed by atoms with Crippen molar-refractivity contribution >= 4 is 11.6 Å². The molecule has 0 aliphatic carbocycles. The molecule has 0 spiro atoms. The number of oxime groups is 1. The summed E-state index contributed by atoms with van der Waals surface area (Å²) in [6.45, 7) is 2.20. The molecule has 7 nitrogen and oxygen atoms in total. The van der Waals surface area contributed by atoms with Crippen LogP contribution in [-0.4, -0.2) is 32.1 Å². The Labute approximate surface area is 151 Å². The van der Waals surface area contributed by atoms with Gasteiger partial charge in [-0.05, 0) is 31.2 Å². The molecule has 0 saturated carbocycles. The lowest BCUT2D eigenvalue weighted by Crippen LogP contribution is -2.26. The van der Waals surface area contributed by atoms with Gasteiger partial charge in [0.1, 0.15) is 5.75 Å². The molecule has 0 unspecified atom stereocenters. The highest BCUT2D eigenvalue weighted by molar-refractivity contribution is 5.99. The summed E-state index contributed by atoms with van der Waals surface area (Å²) in [5, 5.41) is 6.75. The Morgan fingerprint density at radius 3 is 2.85 bits per heavy atom. The summed E-state index contributed by atoms with van der Waals surface area (Å²) in [5.74, 6) is 1.84. The molecule has 1 aliphatic heterocycles. The SMILES string of the molecule is COc1ccccc1CNC(=O)CO/N=C(/C)c1ccc2c(c1)OCO2. The first-order valence-electron chi connectivity index (χ1n) is 8.12. The second kappa shape index (κ2) is 8.24. The highest BCUT2D eigenvalue weighted by Gasteiger charge is 2.14. The number of fused-ring (bicyclic) bond motifs is 1. The van der Waals surface area contributed by atoms with E-state index in [1.807, 2.05) is 42.5 Å². The average molecular weight is 356 g/mol. The van der Waals surface area contributed by atoms with Gasteiger partial charge < -0.3 is 24.4 Å². The van der Waals surface area contributed by atoms with Crippen LogP contribution < -0.4 is 19.5 Å². The van der Waals surface area contributed by atoms with Crippen molar-refractivity contribution in [3.05, 3.63) is 53.6 Å². The van der Waals surface area contributed by atoms with Crippen LogP contribution in [0.3, 0.4) is 0 Å². The van der Waals surface area contributed by atoms with E-state index in [2.05, 4.69) is 10.5 Å². The second-order valence-electron chi connectivity index (χ2n) is 5.61. The summed E-state index contributed by atoms with van der Waals surface area (Å²) in [7, 11) is 1.59. The molecule has 7 heteroatoms. The summed E-state index contributed by atoms with van der Waals surface area (Å²) >= 11 is 0. The van der Waals surface area contributed by atoms with Crippen molar-refractivity contribution < 1.29 is 23.8 Å². The fraction of sp³-hybridized carbons (Fsp3) is 0.263. The van der Waals surface area contributed by atoms with Crippen molar-refractivity contribution in [2.75, 3.05) is 20.5 Å². The van der Waals surface area contributed by atoms with Crippen molar-refractivity contribution in [1.82, 2.24) is 5.32 Å². The fourth-order valence-corrected chi connectivity index (χ4v) is 2.46. The number of para-hydroxylation sites is 1. The van der Waals surface area contributed by atoms with Gasteiger partial charge in [0.2, 0.25) is 6.79 Å². The van der Waals surface area contributed by atoms with Gasteiger partial charge in [-0.1, -0.05) is 23.4 Å². The molecule has 3 rings (SSSR count). The lowest BCUT2D eigenvalue weighted by molar-refractivity contribution is -0.125. The fourth-order valence-electron chi connectivity index (χ4n) is 2.46. The first-order valence-corrected chi connectivity index (χ1v) is 8.12. The topological polar surface area (TPSA) is 78.4 Å². The molecule has 1 amide bonds. The van der Waals surface area contributed by atoms with E-state index in [0.29, 0.717) is 23.8 Å². The lowest BCUT2D eigenvalue weighted by Gasteiger charge is -2.09. The number of carbonyl (C=O) groups is 1. The van der Waals surface area contributed by atoms with E-state index < -0.39 is 0 Å². The van der Waals surface area contributed by atoms with E-state index in [0.717, 1.165) is 16.9 Å². The molecule has 136 valence electrons. The molecule has 1 aliphatic rings. The summed E-state index contributed by atoms with van der Waals surface area (Å²) in [4.78, 5) is 17.1. The molecular formula is C19H20N2O5. The maximum atomic E-state index is 11.9. The van der Waals surface area contributed by atoms with Crippen molar-refractivity contribution in [3.63, 3.8) is 0 Å². The summed E-state index contributed by atoms with van der Waals surface area (Å²) in [6.07, 6.45) is 0. The summed E-state index contributed by atoms with van der Waals surface area (Å²) in [5.41, 5.74) is 2.37. The number of amides is 1. The van der Waals surface area contributed by atoms with Crippen LogP contribution in [0.5, 0.6) is 17.2 Å². The molecule has 26 heavy (non-hydrogen) atoms. The summed E-state index contributed by atoms with van der Waals surface area (Å²) in [6, 6.07) is 13.0. The van der Waals surface area contributed by atoms with Crippen molar-refractivity contribution in [3.8, 4) is 17.2 Å². The molecule has 1 heterocycles. The van der Waals surface area contributed by atoms with Gasteiger partial charge in [0.25, 0.3) is 5.91 Å². The zero-order chi connectivity index (χ0) is 18.4. The van der Waals surface area contributed by atoms with Crippen LogP contribution in [0.1, 0.15) is 18.1 Å². The Morgan fingerprint density at radius 1 is 1.19 bits per heavy atom. The maximum absolute atomic E-state index is 11.9. The maximum Gasteiger partial charge on any atom is 0.261 e. The standard InChI is InChI=1S/C19H20N2O5/c1-13(14-7-8-17-18(9-14)25-12-24-17)21-26-11-19(22)20-10-15-5-3-4-6-16(15)23-2/h3-9H,10-12H2,1-2H3,(H,20,22)/b21-13-. The van der Waals surface area contributed by atoms with Crippen LogP contribution in [0.2, 0.25) is 0 Å². The third kappa shape index (κ3) is 4.24. The number of hydrogen-bond acceptors (Lipinski definition) is 6. The van der Waals surface area contributed by atoms with E-state index in [1.165, 1.54) is 0 Å². The van der Waals surface area contributed by atoms with Gasteiger partial charge in [0, 0.05) is 17.7 Å². The van der Waals surface area contributed by atoms with Crippen LogP contribution in [0.4, 0.5) is 0 Å². The molecule has 0 saturated heterocycles. The Morgan fingerprint density at radius 2 is 2.00 bits per heavy atom. The monoisotopic (exact) mass is 356 g/mol. The van der Waals surface area contributed by atoms with Crippen molar-refractivity contribution in [1.29, 1.82) is 0 Å². The minimum absolute atomic E-state index is 0.170. The van der Waals surface area contributed by atoms with E-state index in [1.54, 1.807) is 14.0 Å². The van der Waals surface area contributed by atoms with Gasteiger partial charge in [0.05, 0.1) is 12.8 Å². The first-order chi connectivity index (χ1) is 12.7. The zero-order valence-electron chi connectivity index (χ0n) is 14.7. The number of carbonyl (C=O) groups excluding carboxylic acids is 1. The predicted octanol–water partition coefficient (Wildman–Crippen LogP) is 2.48. The highest BCUT2D eigenvalue weighted by atomic mass is 16.7. The van der Waals surface area contributed by atoms with Gasteiger partial charge in [-0.2, -0.15) is 0 Å². The van der Waals surface area contributed by atoms with E-state index in [-0.39, 0.29) is 19.3 Å². The normalized spacial score (nSPS) is 12.6. The second-order valence-corrected chi connectivity index (χ2v) is 5.61. The van der Waals surface area contributed by atoms with Crippen LogP contribution in [0.15, 0.2) is 47.6 Å². The van der Waals surface area contributed by atoms with Crippen molar-refractivity contribution in [2.45, 2.75) is 13.5 Å². The molecule has 0 atom stereocenters. The van der Waals surface area contributed by atoms with Gasteiger partial charge in [0.15, 0.2) is 18.1 Å². The number of nitrogens with zero attached hydrogens (tertiary/aromatic N) is 1. The van der Waals surface area contributed by atoms with Crippen LogP contribution in [0, 0.1) is 0 Å². The Hall–Kier alpha value is -3.22. The van der Waals surface area contributed by atoms with E-state index >= 15 is 0 Å². The van der Waals surface area contributed by atoms with Crippen LogP contribution >= 0.6 is 0 Å². The van der Waals surface area contributed by atoms with Gasteiger partial charge in [-0.15, -0.1) is 0 Å². The third-order valence-electron chi connectivity index (χ3n) is 3.86. The van der Waals surface area contributed by atoms with Crippen LogP contribution in [-0.2, 0) is 16.2 Å². The zero-order valence-corrected chi connectivity index (χ0v) is 14.7. The molecule has 0 fully saturated rings. The lowest BCUT2D eigenvalue weighted by atomic mass is 10.1. The molecule has 2 aromatic rings. The highest BCUT2D eigenvalue weighted by Crippen LogP contribution is 2.32. The number of benzene rings is 2. The molecular weight excluding hydrogens is 336 g/mol. The number of rotatable bonds is 7. The number of ether oxygens (including phenoxy) is 3. The minimum Gasteiger partial charge on any atom is -0.496 e. The number of methoxy groups -OCH3 is 1. The smallest absolute Gasteiger partial charge is 0.261 e.